The molecule has 9 heteroatoms. The van der Waals surface area contributed by atoms with Crippen LogP contribution in [0.25, 0.3) is 0 Å². The van der Waals surface area contributed by atoms with Crippen LogP contribution in [-0.2, 0) is 41.8 Å². The Balaban J connectivity index is 1.56. The van der Waals surface area contributed by atoms with Crippen LogP contribution < -0.4 is 10.6 Å². The Morgan fingerprint density at radius 3 is 2.18 bits per heavy atom. The van der Waals surface area contributed by atoms with Gasteiger partial charge in [-0.3, -0.25) is 9.59 Å². The monoisotopic (exact) mass is 546 g/mol. The van der Waals surface area contributed by atoms with Crippen LogP contribution in [-0.4, -0.2) is 50.6 Å². The second kappa shape index (κ2) is 12.5. The largest absolute Gasteiger partial charge is 0.453 e. The molecule has 0 radical (unpaired) electrons. The summed E-state index contributed by atoms with van der Waals surface area (Å²) in [6, 6.07) is 16.8. The predicted octanol–water partition coefficient (Wildman–Crippen LogP) is 2.59. The zero-order valence-electron chi connectivity index (χ0n) is 21.4. The lowest BCUT2D eigenvalue weighted by Gasteiger charge is -2.28. The molecule has 2 amide bonds. The molecular formula is C30H30N2O6S. The fourth-order valence-corrected chi connectivity index (χ4v) is 4.81. The first-order chi connectivity index (χ1) is 18.7. The summed E-state index contributed by atoms with van der Waals surface area (Å²) >= 11 is 0. The Hall–Kier alpha value is -4.24. The molecule has 2 aromatic rings. The van der Waals surface area contributed by atoms with Gasteiger partial charge < -0.3 is 15.4 Å². The van der Waals surface area contributed by atoms with Gasteiger partial charge in [-0.2, -0.15) is 0 Å². The Morgan fingerprint density at radius 2 is 1.54 bits per heavy atom. The molecule has 0 bridgehead atoms. The number of carbonyl (C=O) groups is 3. The molecule has 202 valence electrons. The third-order valence-electron chi connectivity index (χ3n) is 6.28. The molecule has 0 saturated carbocycles. The van der Waals surface area contributed by atoms with Gasteiger partial charge >= 0.3 is 5.97 Å². The average Bonchev–Trinajstić information content (AvgIpc) is 2.91. The lowest BCUT2D eigenvalue weighted by atomic mass is 9.92. The number of hydrogen-bond donors (Lipinski definition) is 2. The SMILES string of the molecule is CS(=O)(=O)/C=C/C(Cc1ccccc1)NC(=O)C(Cc1ccccc1)NC(=O)C1=CC2C=CC=CC2OC1=O. The number of nitrogens with one attached hydrogen (secondary N) is 2. The first-order valence-corrected chi connectivity index (χ1v) is 14.5. The maximum Gasteiger partial charge on any atom is 0.344 e. The molecule has 4 unspecified atom stereocenters. The summed E-state index contributed by atoms with van der Waals surface area (Å²) in [6.45, 7) is 0. The lowest BCUT2D eigenvalue weighted by molar-refractivity contribution is -0.146. The number of amides is 2. The van der Waals surface area contributed by atoms with Crippen molar-refractivity contribution in [3.05, 3.63) is 119 Å². The van der Waals surface area contributed by atoms with E-state index in [1.165, 1.54) is 6.08 Å². The minimum atomic E-state index is -3.44. The van der Waals surface area contributed by atoms with Gasteiger partial charge in [-0.25, -0.2) is 13.2 Å². The van der Waals surface area contributed by atoms with Crippen molar-refractivity contribution in [2.75, 3.05) is 6.26 Å². The number of carbonyl (C=O) groups excluding carboxylic acids is 3. The van der Waals surface area contributed by atoms with Crippen molar-refractivity contribution in [3.8, 4) is 0 Å². The van der Waals surface area contributed by atoms with Crippen molar-refractivity contribution in [2.24, 2.45) is 5.92 Å². The summed E-state index contributed by atoms with van der Waals surface area (Å²) in [7, 11) is -3.44. The Bertz CT molecular complexity index is 1430. The van der Waals surface area contributed by atoms with Gasteiger partial charge in [0.2, 0.25) is 5.91 Å². The number of allylic oxidation sites excluding steroid dienone is 2. The standard InChI is InChI=1S/C30H30N2O6S/c1-39(36,37)17-16-24(18-21-10-4-2-5-11-21)31-29(34)26(19-22-12-6-3-7-13-22)32-28(33)25-20-23-14-8-9-15-27(23)38-30(25)35/h2-17,20,23-24,26-27H,18-19H2,1H3,(H,31,34)(H,32,33)/b17-16+. The molecule has 39 heavy (non-hydrogen) atoms. The van der Waals surface area contributed by atoms with E-state index >= 15 is 0 Å². The smallest absolute Gasteiger partial charge is 0.344 e. The van der Waals surface area contributed by atoms with E-state index in [1.807, 2.05) is 72.8 Å². The zero-order valence-corrected chi connectivity index (χ0v) is 22.2. The maximum absolute atomic E-state index is 13.5. The number of sulfone groups is 1. The minimum Gasteiger partial charge on any atom is -0.453 e. The van der Waals surface area contributed by atoms with Gasteiger partial charge in [0.15, 0.2) is 9.84 Å². The number of fused-ring (bicyclic) bond motifs is 1. The van der Waals surface area contributed by atoms with E-state index in [9.17, 15) is 22.8 Å². The molecule has 4 atom stereocenters. The normalized spacial score (nSPS) is 19.9. The van der Waals surface area contributed by atoms with E-state index in [2.05, 4.69) is 10.6 Å². The highest BCUT2D eigenvalue weighted by Gasteiger charge is 2.34. The topological polar surface area (TPSA) is 119 Å². The molecule has 1 aliphatic carbocycles. The first kappa shape index (κ1) is 27.8. The van der Waals surface area contributed by atoms with Crippen LogP contribution in [0.4, 0.5) is 0 Å². The van der Waals surface area contributed by atoms with E-state index in [1.54, 1.807) is 18.2 Å². The molecular weight excluding hydrogens is 516 g/mol. The van der Waals surface area contributed by atoms with Crippen molar-refractivity contribution in [1.29, 1.82) is 0 Å². The molecule has 0 fully saturated rings. The average molecular weight is 547 g/mol. The summed E-state index contributed by atoms with van der Waals surface area (Å²) in [6.07, 6.45) is 11.2. The maximum atomic E-state index is 13.5. The van der Waals surface area contributed by atoms with E-state index in [-0.39, 0.29) is 17.9 Å². The third-order valence-corrected chi connectivity index (χ3v) is 6.93. The molecule has 0 saturated heterocycles. The van der Waals surface area contributed by atoms with Crippen LogP contribution in [0, 0.1) is 5.92 Å². The summed E-state index contributed by atoms with van der Waals surface area (Å²) in [5, 5.41) is 6.61. The molecule has 1 heterocycles. The second-order valence-electron chi connectivity index (χ2n) is 9.48. The molecule has 2 aliphatic rings. The molecule has 4 rings (SSSR count). The van der Waals surface area contributed by atoms with Crippen LogP contribution >= 0.6 is 0 Å². The Kier molecular flexibility index (Phi) is 8.93. The summed E-state index contributed by atoms with van der Waals surface area (Å²) in [4.78, 5) is 39.3. The number of ether oxygens (including phenoxy) is 1. The molecule has 0 spiro atoms. The lowest BCUT2D eigenvalue weighted by Crippen LogP contribution is -2.52. The fourth-order valence-electron chi connectivity index (χ4n) is 4.34. The Morgan fingerprint density at radius 1 is 0.923 bits per heavy atom. The highest BCUT2D eigenvalue weighted by Crippen LogP contribution is 2.25. The van der Waals surface area contributed by atoms with Crippen LogP contribution in [0.15, 0.2) is 108 Å². The highest BCUT2D eigenvalue weighted by molar-refractivity contribution is 7.93. The number of hydrogen-bond acceptors (Lipinski definition) is 6. The van der Waals surface area contributed by atoms with Gasteiger partial charge in [-0.15, -0.1) is 0 Å². The summed E-state index contributed by atoms with van der Waals surface area (Å²) < 4.78 is 29.0. The van der Waals surface area contributed by atoms with Crippen molar-refractivity contribution >= 4 is 27.6 Å². The van der Waals surface area contributed by atoms with E-state index < -0.39 is 45.8 Å². The second-order valence-corrected chi connectivity index (χ2v) is 11.4. The van der Waals surface area contributed by atoms with Gasteiger partial charge in [-0.05, 0) is 23.6 Å². The van der Waals surface area contributed by atoms with E-state index in [0.717, 1.165) is 22.8 Å². The molecule has 1 aliphatic heterocycles. The number of rotatable bonds is 10. The molecule has 2 N–H and O–H groups in total. The highest BCUT2D eigenvalue weighted by atomic mass is 32.2. The minimum absolute atomic E-state index is 0.156. The van der Waals surface area contributed by atoms with Crippen LogP contribution in [0.5, 0.6) is 0 Å². The summed E-state index contributed by atoms with van der Waals surface area (Å²) in [5.41, 5.74) is 1.52. The number of esters is 1. The van der Waals surface area contributed by atoms with Crippen molar-refractivity contribution < 1.29 is 27.5 Å². The van der Waals surface area contributed by atoms with Gasteiger partial charge in [0, 0.05) is 24.0 Å². The quantitative estimate of drug-likeness (QED) is 0.349. The van der Waals surface area contributed by atoms with Gasteiger partial charge in [0.25, 0.3) is 5.91 Å². The predicted molar refractivity (Wildman–Crippen MR) is 148 cm³/mol. The van der Waals surface area contributed by atoms with Crippen LogP contribution in [0.1, 0.15) is 11.1 Å². The van der Waals surface area contributed by atoms with Gasteiger partial charge in [0.05, 0.1) is 6.04 Å². The zero-order chi connectivity index (χ0) is 27.8. The molecule has 8 nitrogen and oxygen atoms in total. The van der Waals surface area contributed by atoms with Crippen molar-refractivity contribution in [2.45, 2.75) is 31.0 Å². The molecule has 0 aromatic heterocycles. The third kappa shape index (κ3) is 8.12. The Labute approximate surface area is 228 Å². The van der Waals surface area contributed by atoms with Crippen LogP contribution in [0.3, 0.4) is 0 Å². The fraction of sp³-hybridized carbons (Fsp3) is 0.233. The molecule has 2 aromatic carbocycles. The van der Waals surface area contributed by atoms with Gasteiger partial charge in [-0.1, -0.05) is 91.0 Å². The van der Waals surface area contributed by atoms with Crippen LogP contribution in [0.2, 0.25) is 0 Å². The van der Waals surface area contributed by atoms with Crippen molar-refractivity contribution in [1.82, 2.24) is 10.6 Å². The van der Waals surface area contributed by atoms with Gasteiger partial charge in [0.1, 0.15) is 17.7 Å². The van der Waals surface area contributed by atoms with E-state index in [0.29, 0.717) is 6.42 Å². The van der Waals surface area contributed by atoms with E-state index in [4.69, 9.17) is 4.74 Å². The summed E-state index contributed by atoms with van der Waals surface area (Å²) in [5.74, 6) is -2.27. The number of benzene rings is 2. The van der Waals surface area contributed by atoms with Crippen molar-refractivity contribution in [3.63, 3.8) is 0 Å². The first-order valence-electron chi connectivity index (χ1n) is 12.5.